The summed E-state index contributed by atoms with van der Waals surface area (Å²) in [5.41, 5.74) is 1.78. The number of benzene rings is 1. The van der Waals surface area contributed by atoms with Gasteiger partial charge in [-0.15, -0.1) is 0 Å². The van der Waals surface area contributed by atoms with E-state index in [0.717, 1.165) is 18.1 Å². The molecule has 0 atom stereocenters. The first-order valence-corrected chi connectivity index (χ1v) is 7.45. The number of hydrogen-bond acceptors (Lipinski definition) is 4. The maximum atomic E-state index is 12.0. The highest BCUT2D eigenvalue weighted by Gasteiger charge is 2.05. The molecule has 1 aromatic heterocycles. The number of carbonyl (C=O) groups is 1. The summed E-state index contributed by atoms with van der Waals surface area (Å²) in [7, 11) is 2.03. The van der Waals surface area contributed by atoms with Gasteiger partial charge < -0.3 is 15.5 Å². The molecule has 5 heteroatoms. The SMILES string of the molecule is CCN(C)c1ccc(C(=O)NCCNc2ccccn2)cc1. The Balaban J connectivity index is 1.77. The molecule has 2 aromatic rings. The van der Waals surface area contributed by atoms with Crippen molar-refractivity contribution in [2.24, 2.45) is 0 Å². The van der Waals surface area contributed by atoms with Crippen molar-refractivity contribution in [3.05, 3.63) is 54.2 Å². The monoisotopic (exact) mass is 298 g/mol. The van der Waals surface area contributed by atoms with Crippen LogP contribution in [0.5, 0.6) is 0 Å². The molecule has 0 fully saturated rings. The molecule has 116 valence electrons. The Labute approximate surface area is 131 Å². The molecule has 0 radical (unpaired) electrons. The third kappa shape index (κ3) is 4.48. The summed E-state index contributed by atoms with van der Waals surface area (Å²) in [4.78, 5) is 18.3. The molecule has 0 aliphatic heterocycles. The van der Waals surface area contributed by atoms with Gasteiger partial charge in [0.1, 0.15) is 5.82 Å². The van der Waals surface area contributed by atoms with Crippen molar-refractivity contribution >= 4 is 17.4 Å². The molecule has 0 spiro atoms. The fraction of sp³-hybridized carbons (Fsp3) is 0.294. The lowest BCUT2D eigenvalue weighted by Gasteiger charge is -2.16. The zero-order valence-electron chi connectivity index (χ0n) is 13.0. The minimum atomic E-state index is -0.0616. The zero-order valence-corrected chi connectivity index (χ0v) is 13.0. The van der Waals surface area contributed by atoms with E-state index in [-0.39, 0.29) is 5.91 Å². The van der Waals surface area contributed by atoms with Gasteiger partial charge in [-0.2, -0.15) is 0 Å². The van der Waals surface area contributed by atoms with Crippen molar-refractivity contribution in [2.75, 3.05) is 36.9 Å². The Kier molecular flexibility index (Phi) is 5.77. The number of rotatable bonds is 7. The van der Waals surface area contributed by atoms with E-state index in [1.54, 1.807) is 6.20 Å². The van der Waals surface area contributed by atoms with Gasteiger partial charge in [0, 0.05) is 44.1 Å². The molecule has 0 aliphatic rings. The van der Waals surface area contributed by atoms with E-state index in [4.69, 9.17) is 0 Å². The number of nitrogens with zero attached hydrogens (tertiary/aromatic N) is 2. The first-order valence-electron chi connectivity index (χ1n) is 7.45. The van der Waals surface area contributed by atoms with Gasteiger partial charge in [-0.25, -0.2) is 4.98 Å². The van der Waals surface area contributed by atoms with Crippen molar-refractivity contribution in [3.8, 4) is 0 Å². The Bertz CT molecular complexity index is 583. The van der Waals surface area contributed by atoms with Gasteiger partial charge in [0.05, 0.1) is 0 Å². The van der Waals surface area contributed by atoms with Crippen LogP contribution in [-0.2, 0) is 0 Å². The number of nitrogens with one attached hydrogen (secondary N) is 2. The van der Waals surface area contributed by atoms with Crippen LogP contribution in [0, 0.1) is 0 Å². The van der Waals surface area contributed by atoms with E-state index in [9.17, 15) is 4.79 Å². The summed E-state index contributed by atoms with van der Waals surface area (Å²) in [6.07, 6.45) is 1.73. The predicted molar refractivity (Wildman–Crippen MR) is 90.4 cm³/mol. The molecule has 0 saturated heterocycles. The molecule has 1 heterocycles. The highest BCUT2D eigenvalue weighted by molar-refractivity contribution is 5.94. The van der Waals surface area contributed by atoms with Crippen molar-refractivity contribution in [3.63, 3.8) is 0 Å². The lowest BCUT2D eigenvalue weighted by atomic mass is 10.2. The quantitative estimate of drug-likeness (QED) is 0.771. The number of amides is 1. The molecule has 0 aliphatic carbocycles. The van der Waals surface area contributed by atoms with Gasteiger partial charge in [-0.05, 0) is 43.3 Å². The second-order valence-electron chi connectivity index (χ2n) is 4.96. The molecule has 22 heavy (non-hydrogen) atoms. The summed E-state index contributed by atoms with van der Waals surface area (Å²) >= 11 is 0. The first-order chi connectivity index (χ1) is 10.7. The van der Waals surface area contributed by atoms with Gasteiger partial charge in [0.2, 0.25) is 0 Å². The molecule has 2 N–H and O–H groups in total. The van der Waals surface area contributed by atoms with Crippen LogP contribution in [-0.4, -0.2) is 37.6 Å². The zero-order chi connectivity index (χ0) is 15.8. The Morgan fingerprint density at radius 1 is 1.14 bits per heavy atom. The van der Waals surface area contributed by atoms with Crippen LogP contribution in [0.25, 0.3) is 0 Å². The van der Waals surface area contributed by atoms with E-state index in [0.29, 0.717) is 18.7 Å². The smallest absolute Gasteiger partial charge is 0.251 e. The van der Waals surface area contributed by atoms with E-state index in [1.807, 2.05) is 49.5 Å². The molecular weight excluding hydrogens is 276 g/mol. The summed E-state index contributed by atoms with van der Waals surface area (Å²) in [6.45, 7) is 4.21. The van der Waals surface area contributed by atoms with Crippen LogP contribution < -0.4 is 15.5 Å². The van der Waals surface area contributed by atoms with Crippen LogP contribution in [0.3, 0.4) is 0 Å². The maximum Gasteiger partial charge on any atom is 0.251 e. The minimum Gasteiger partial charge on any atom is -0.375 e. The van der Waals surface area contributed by atoms with Crippen LogP contribution in [0.15, 0.2) is 48.7 Å². The van der Waals surface area contributed by atoms with Crippen LogP contribution in [0.4, 0.5) is 11.5 Å². The third-order valence-electron chi connectivity index (χ3n) is 3.43. The Morgan fingerprint density at radius 2 is 1.91 bits per heavy atom. The second-order valence-corrected chi connectivity index (χ2v) is 4.96. The van der Waals surface area contributed by atoms with Crippen LogP contribution in [0.2, 0.25) is 0 Å². The van der Waals surface area contributed by atoms with Gasteiger partial charge in [-0.3, -0.25) is 4.79 Å². The molecule has 2 rings (SSSR count). The number of anilines is 2. The van der Waals surface area contributed by atoms with Crippen LogP contribution in [0.1, 0.15) is 17.3 Å². The fourth-order valence-electron chi connectivity index (χ4n) is 1.99. The molecule has 1 aromatic carbocycles. The molecule has 0 unspecified atom stereocenters. The van der Waals surface area contributed by atoms with Gasteiger partial charge >= 0.3 is 0 Å². The first kappa shape index (κ1) is 15.8. The minimum absolute atomic E-state index is 0.0616. The standard InChI is InChI=1S/C17H22N4O/c1-3-21(2)15-9-7-14(8-10-15)17(22)20-13-12-19-16-6-4-5-11-18-16/h4-11H,3,12-13H2,1-2H3,(H,18,19)(H,20,22). The highest BCUT2D eigenvalue weighted by atomic mass is 16.1. The fourth-order valence-corrected chi connectivity index (χ4v) is 1.99. The Hall–Kier alpha value is -2.56. The van der Waals surface area contributed by atoms with Crippen molar-refractivity contribution in [2.45, 2.75) is 6.92 Å². The van der Waals surface area contributed by atoms with E-state index < -0.39 is 0 Å². The normalized spacial score (nSPS) is 10.1. The molecule has 0 saturated carbocycles. The lowest BCUT2D eigenvalue weighted by molar-refractivity contribution is 0.0955. The summed E-state index contributed by atoms with van der Waals surface area (Å²) < 4.78 is 0. The predicted octanol–water partition coefficient (Wildman–Crippen LogP) is 2.38. The van der Waals surface area contributed by atoms with Gasteiger partial charge in [-0.1, -0.05) is 6.07 Å². The average molecular weight is 298 g/mol. The second kappa shape index (κ2) is 8.02. The largest absolute Gasteiger partial charge is 0.375 e. The van der Waals surface area contributed by atoms with Crippen molar-refractivity contribution in [1.82, 2.24) is 10.3 Å². The third-order valence-corrected chi connectivity index (χ3v) is 3.43. The number of pyridine rings is 1. The summed E-state index contributed by atoms with van der Waals surface area (Å²) in [5, 5.41) is 6.04. The lowest BCUT2D eigenvalue weighted by Crippen LogP contribution is -2.28. The topological polar surface area (TPSA) is 57.3 Å². The van der Waals surface area contributed by atoms with Crippen LogP contribution >= 0.6 is 0 Å². The highest BCUT2D eigenvalue weighted by Crippen LogP contribution is 2.13. The summed E-state index contributed by atoms with van der Waals surface area (Å²) in [5.74, 6) is 0.747. The van der Waals surface area contributed by atoms with Gasteiger partial charge in [0.25, 0.3) is 5.91 Å². The Morgan fingerprint density at radius 3 is 2.55 bits per heavy atom. The van der Waals surface area contributed by atoms with Crippen molar-refractivity contribution < 1.29 is 4.79 Å². The number of hydrogen-bond donors (Lipinski definition) is 2. The van der Waals surface area contributed by atoms with Gasteiger partial charge in [0.15, 0.2) is 0 Å². The van der Waals surface area contributed by atoms with E-state index in [1.165, 1.54) is 0 Å². The molecule has 1 amide bonds. The number of aromatic nitrogens is 1. The molecule has 5 nitrogen and oxygen atoms in total. The molecule has 0 bridgehead atoms. The average Bonchev–Trinajstić information content (AvgIpc) is 2.59. The summed E-state index contributed by atoms with van der Waals surface area (Å²) in [6, 6.07) is 13.3. The van der Waals surface area contributed by atoms with E-state index >= 15 is 0 Å². The van der Waals surface area contributed by atoms with Crippen molar-refractivity contribution in [1.29, 1.82) is 0 Å². The molecular formula is C17H22N4O. The van der Waals surface area contributed by atoms with E-state index in [2.05, 4.69) is 27.4 Å². The number of carbonyl (C=O) groups excluding carboxylic acids is 1. The maximum absolute atomic E-state index is 12.0.